The maximum absolute atomic E-state index is 12.4. The highest BCUT2D eigenvalue weighted by molar-refractivity contribution is 7.19. The second-order valence-corrected chi connectivity index (χ2v) is 8.16. The number of halogens is 1. The van der Waals surface area contributed by atoms with Gasteiger partial charge in [-0.25, -0.2) is 4.98 Å². The van der Waals surface area contributed by atoms with Gasteiger partial charge in [-0.1, -0.05) is 45.0 Å². The summed E-state index contributed by atoms with van der Waals surface area (Å²) in [5, 5.41) is 0.657. The molecule has 0 saturated carbocycles. The molecule has 5 heteroatoms. The molecule has 0 amide bonds. The van der Waals surface area contributed by atoms with Gasteiger partial charge in [0.2, 0.25) is 0 Å². The molecule has 0 spiro atoms. The van der Waals surface area contributed by atoms with E-state index in [0.717, 1.165) is 20.8 Å². The molecule has 3 aromatic rings. The van der Waals surface area contributed by atoms with Crippen LogP contribution in [-0.2, 0) is 11.3 Å². The standard InChI is InChI=1S/C18H19ClN2OS/c1-10-14(11-5-7-12(8-6-11)18(2,3)4)15-16(22)20-13(9-19)21-17(15)23-10/h5-8H,9H2,1-4H3,(H,20,21,22). The minimum absolute atomic E-state index is 0.110. The molecule has 1 aromatic carbocycles. The Morgan fingerprint density at radius 3 is 2.43 bits per heavy atom. The Labute approximate surface area is 144 Å². The first-order valence-electron chi connectivity index (χ1n) is 7.50. The van der Waals surface area contributed by atoms with Crippen molar-refractivity contribution in [3.05, 3.63) is 50.9 Å². The molecule has 0 aliphatic carbocycles. The van der Waals surface area contributed by atoms with E-state index >= 15 is 0 Å². The lowest BCUT2D eigenvalue weighted by atomic mass is 9.86. The highest BCUT2D eigenvalue weighted by Gasteiger charge is 2.18. The third-order valence-electron chi connectivity index (χ3n) is 3.95. The molecule has 0 saturated heterocycles. The zero-order valence-corrected chi connectivity index (χ0v) is 15.2. The summed E-state index contributed by atoms with van der Waals surface area (Å²) >= 11 is 7.33. The summed E-state index contributed by atoms with van der Waals surface area (Å²) in [5.74, 6) is 0.720. The van der Waals surface area contributed by atoms with E-state index in [1.165, 1.54) is 16.9 Å². The molecule has 0 unspecified atom stereocenters. The summed E-state index contributed by atoms with van der Waals surface area (Å²) in [7, 11) is 0. The van der Waals surface area contributed by atoms with Crippen molar-refractivity contribution < 1.29 is 0 Å². The fourth-order valence-corrected chi connectivity index (χ4v) is 3.90. The maximum Gasteiger partial charge on any atom is 0.260 e. The molecule has 2 heterocycles. The van der Waals surface area contributed by atoms with Gasteiger partial charge in [-0.3, -0.25) is 4.79 Å². The van der Waals surface area contributed by atoms with Crippen LogP contribution < -0.4 is 5.56 Å². The predicted octanol–water partition coefficient (Wildman–Crippen LogP) is 5.00. The zero-order valence-electron chi connectivity index (χ0n) is 13.7. The summed E-state index contributed by atoms with van der Waals surface area (Å²) < 4.78 is 0. The van der Waals surface area contributed by atoms with Crippen LogP contribution in [0.5, 0.6) is 0 Å². The molecule has 0 fully saturated rings. The fourth-order valence-electron chi connectivity index (χ4n) is 2.71. The third-order valence-corrected chi connectivity index (χ3v) is 5.21. The van der Waals surface area contributed by atoms with Gasteiger partial charge in [0.1, 0.15) is 10.7 Å². The molecule has 3 rings (SSSR count). The van der Waals surface area contributed by atoms with Crippen LogP contribution in [-0.4, -0.2) is 9.97 Å². The van der Waals surface area contributed by atoms with E-state index in [9.17, 15) is 4.79 Å². The van der Waals surface area contributed by atoms with Crippen LogP contribution in [0, 0.1) is 6.92 Å². The summed E-state index contributed by atoms with van der Waals surface area (Å²) in [4.78, 5) is 21.5. The molecule has 1 N–H and O–H groups in total. The molecular weight excluding hydrogens is 328 g/mol. The lowest BCUT2D eigenvalue weighted by Crippen LogP contribution is -2.11. The molecule has 0 atom stereocenters. The summed E-state index contributed by atoms with van der Waals surface area (Å²) in [6.45, 7) is 8.60. The van der Waals surface area contributed by atoms with Crippen LogP contribution >= 0.6 is 22.9 Å². The van der Waals surface area contributed by atoms with Crippen molar-refractivity contribution in [1.82, 2.24) is 9.97 Å². The lowest BCUT2D eigenvalue weighted by molar-refractivity contribution is 0.590. The smallest absolute Gasteiger partial charge is 0.260 e. The Balaban J connectivity index is 2.20. The minimum atomic E-state index is -0.120. The third kappa shape index (κ3) is 2.93. The van der Waals surface area contributed by atoms with Gasteiger partial charge < -0.3 is 4.98 Å². The number of benzene rings is 1. The number of nitrogens with zero attached hydrogens (tertiary/aromatic N) is 1. The minimum Gasteiger partial charge on any atom is -0.309 e. The second-order valence-electron chi connectivity index (χ2n) is 6.69. The Morgan fingerprint density at radius 1 is 1.22 bits per heavy atom. The van der Waals surface area contributed by atoms with E-state index in [1.54, 1.807) is 0 Å². The van der Waals surface area contributed by atoms with Crippen molar-refractivity contribution in [3.8, 4) is 11.1 Å². The Bertz CT molecular complexity index is 917. The van der Waals surface area contributed by atoms with Crippen molar-refractivity contribution in [1.29, 1.82) is 0 Å². The van der Waals surface area contributed by atoms with E-state index in [2.05, 4.69) is 55.0 Å². The van der Waals surface area contributed by atoms with E-state index in [4.69, 9.17) is 11.6 Å². The maximum atomic E-state index is 12.4. The van der Waals surface area contributed by atoms with Crippen LogP contribution in [0.25, 0.3) is 21.3 Å². The van der Waals surface area contributed by atoms with Gasteiger partial charge in [-0.05, 0) is 23.5 Å². The van der Waals surface area contributed by atoms with Crippen LogP contribution in [0.3, 0.4) is 0 Å². The summed E-state index contributed by atoms with van der Waals surface area (Å²) in [6, 6.07) is 8.44. The van der Waals surface area contributed by atoms with Gasteiger partial charge in [-0.2, -0.15) is 0 Å². The Morgan fingerprint density at radius 2 is 1.87 bits per heavy atom. The molecule has 2 aromatic heterocycles. The van der Waals surface area contributed by atoms with Crippen LogP contribution in [0.1, 0.15) is 37.0 Å². The van der Waals surface area contributed by atoms with Crippen molar-refractivity contribution in [2.75, 3.05) is 0 Å². The van der Waals surface area contributed by atoms with Gasteiger partial charge in [0, 0.05) is 10.4 Å². The highest BCUT2D eigenvalue weighted by atomic mass is 35.5. The van der Waals surface area contributed by atoms with Crippen LogP contribution in [0.2, 0.25) is 0 Å². The van der Waals surface area contributed by atoms with Gasteiger partial charge in [-0.15, -0.1) is 22.9 Å². The molecule has 0 radical (unpaired) electrons. The number of H-pyrrole nitrogens is 1. The number of aryl methyl sites for hydroxylation is 1. The molecule has 23 heavy (non-hydrogen) atoms. The van der Waals surface area contributed by atoms with Crippen molar-refractivity contribution >= 4 is 33.2 Å². The van der Waals surface area contributed by atoms with Gasteiger partial charge in [0.25, 0.3) is 5.56 Å². The molecule has 0 aliphatic heterocycles. The number of nitrogens with one attached hydrogen (secondary N) is 1. The predicted molar refractivity (Wildman–Crippen MR) is 98.7 cm³/mol. The summed E-state index contributed by atoms with van der Waals surface area (Å²) in [6.07, 6.45) is 0. The Hall–Kier alpha value is -1.65. The highest BCUT2D eigenvalue weighted by Crippen LogP contribution is 2.36. The quantitative estimate of drug-likeness (QED) is 0.664. The molecule has 0 bridgehead atoms. The molecule has 0 aliphatic rings. The van der Waals surface area contributed by atoms with E-state index in [1.807, 2.05) is 6.92 Å². The summed E-state index contributed by atoms with van der Waals surface area (Å²) in [5.41, 5.74) is 3.28. The fraction of sp³-hybridized carbons (Fsp3) is 0.333. The largest absolute Gasteiger partial charge is 0.309 e. The van der Waals surface area contributed by atoms with Crippen molar-refractivity contribution in [2.45, 2.75) is 39.0 Å². The molecular formula is C18H19ClN2OS. The average molecular weight is 347 g/mol. The Kier molecular flexibility index (Phi) is 4.07. The topological polar surface area (TPSA) is 45.8 Å². The number of fused-ring (bicyclic) bond motifs is 1. The molecule has 120 valence electrons. The van der Waals surface area contributed by atoms with Crippen molar-refractivity contribution in [3.63, 3.8) is 0 Å². The number of aromatic nitrogens is 2. The van der Waals surface area contributed by atoms with Gasteiger partial charge >= 0.3 is 0 Å². The first kappa shape index (κ1) is 16.2. The number of aromatic amines is 1. The van der Waals surface area contributed by atoms with Crippen LogP contribution in [0.4, 0.5) is 0 Å². The number of rotatable bonds is 2. The lowest BCUT2D eigenvalue weighted by Gasteiger charge is -2.19. The number of alkyl halides is 1. The normalized spacial score (nSPS) is 12.0. The zero-order chi connectivity index (χ0) is 16.8. The SMILES string of the molecule is Cc1sc2nc(CCl)[nH]c(=O)c2c1-c1ccc(C(C)(C)C)cc1. The number of thiophene rings is 1. The first-order chi connectivity index (χ1) is 10.8. The van der Waals surface area contributed by atoms with E-state index < -0.39 is 0 Å². The van der Waals surface area contributed by atoms with E-state index in [-0.39, 0.29) is 16.9 Å². The average Bonchev–Trinajstić information content (AvgIpc) is 2.83. The number of hydrogen-bond acceptors (Lipinski definition) is 3. The van der Waals surface area contributed by atoms with Crippen LogP contribution in [0.15, 0.2) is 29.1 Å². The van der Waals surface area contributed by atoms with Gasteiger partial charge in [0.05, 0.1) is 11.3 Å². The number of hydrogen-bond donors (Lipinski definition) is 1. The monoisotopic (exact) mass is 346 g/mol. The molecule has 3 nitrogen and oxygen atoms in total. The second kappa shape index (κ2) is 5.77. The van der Waals surface area contributed by atoms with Gasteiger partial charge in [0.15, 0.2) is 0 Å². The van der Waals surface area contributed by atoms with E-state index in [0.29, 0.717) is 11.2 Å². The first-order valence-corrected chi connectivity index (χ1v) is 8.85. The van der Waals surface area contributed by atoms with Crippen molar-refractivity contribution in [2.24, 2.45) is 0 Å².